The molecule has 0 radical (unpaired) electrons. The average molecular weight is 370 g/mol. The fraction of sp³-hybridized carbons (Fsp3) is 0.619. The van der Waals surface area contributed by atoms with Crippen molar-refractivity contribution >= 4 is 5.91 Å². The Morgan fingerprint density at radius 3 is 2.74 bits per heavy atom. The Bertz CT molecular complexity index is 815. The summed E-state index contributed by atoms with van der Waals surface area (Å²) < 4.78 is 2.13. The van der Waals surface area contributed by atoms with Gasteiger partial charge in [-0.1, -0.05) is 0 Å². The number of imidazole rings is 1. The number of hydrogen-bond donors (Lipinski definition) is 1. The van der Waals surface area contributed by atoms with E-state index < -0.39 is 0 Å². The summed E-state index contributed by atoms with van der Waals surface area (Å²) >= 11 is 0. The smallest absolute Gasteiger partial charge is 0.255 e. The van der Waals surface area contributed by atoms with Crippen LogP contribution in [0.1, 0.15) is 55.4 Å². The number of amides is 1. The van der Waals surface area contributed by atoms with Crippen molar-refractivity contribution < 1.29 is 4.79 Å². The molecule has 2 atom stereocenters. The lowest BCUT2D eigenvalue weighted by Gasteiger charge is -2.36. The summed E-state index contributed by atoms with van der Waals surface area (Å²) in [4.78, 5) is 25.5. The van der Waals surface area contributed by atoms with E-state index in [0.717, 1.165) is 49.6 Å². The first kappa shape index (κ1) is 18.3. The van der Waals surface area contributed by atoms with Crippen molar-refractivity contribution in [3.8, 4) is 0 Å². The van der Waals surface area contributed by atoms with Crippen molar-refractivity contribution in [3.05, 3.63) is 41.7 Å². The quantitative estimate of drug-likeness (QED) is 0.905. The second-order valence-corrected chi connectivity index (χ2v) is 9.20. The molecule has 0 spiro atoms. The molecule has 5 heterocycles. The van der Waals surface area contributed by atoms with Crippen molar-refractivity contribution in [2.24, 2.45) is 5.92 Å². The third kappa shape index (κ3) is 3.68. The molecule has 0 unspecified atom stereocenters. The maximum Gasteiger partial charge on any atom is 0.255 e. The molecule has 0 aromatic carbocycles. The Balaban J connectivity index is 1.49. The molecule has 5 rings (SSSR count). The van der Waals surface area contributed by atoms with Crippen molar-refractivity contribution in [1.29, 1.82) is 0 Å². The van der Waals surface area contributed by atoms with Crippen LogP contribution in [-0.4, -0.2) is 55.9 Å². The van der Waals surface area contributed by atoms with E-state index in [1.54, 1.807) is 6.33 Å². The second-order valence-electron chi connectivity index (χ2n) is 9.20. The number of aromatic amines is 1. The van der Waals surface area contributed by atoms with Gasteiger partial charge in [-0.2, -0.15) is 0 Å². The standard InChI is InChI=1S/C21H31N5O/c1-15-19(23-14-22-15)13-24-9-16-5-6-18(12-24)26(10-16)20(27)17-7-8-25(11-17)21(2,3)4/h7-8,11,14,16,18H,5-6,9-10,12-13H2,1-4H3,(H,22,23)/t16-,18+/m1/s1. The van der Waals surface area contributed by atoms with Crippen molar-refractivity contribution in [2.75, 3.05) is 19.6 Å². The second kappa shape index (κ2) is 6.82. The predicted molar refractivity (Wildman–Crippen MR) is 106 cm³/mol. The van der Waals surface area contributed by atoms with Gasteiger partial charge in [0.2, 0.25) is 0 Å². The molecule has 2 bridgehead atoms. The number of rotatable bonds is 3. The van der Waals surface area contributed by atoms with Crippen LogP contribution in [0.25, 0.3) is 0 Å². The summed E-state index contributed by atoms with van der Waals surface area (Å²) in [6, 6.07) is 2.27. The number of H-pyrrole nitrogens is 1. The molecule has 3 aliphatic rings. The summed E-state index contributed by atoms with van der Waals surface area (Å²) in [6.07, 6.45) is 8.12. The highest BCUT2D eigenvalue weighted by Gasteiger charge is 2.38. The van der Waals surface area contributed by atoms with E-state index in [1.807, 2.05) is 18.5 Å². The van der Waals surface area contributed by atoms with Gasteiger partial charge in [-0.05, 0) is 52.5 Å². The minimum absolute atomic E-state index is 0.00542. The first-order valence-electron chi connectivity index (χ1n) is 10.0. The highest BCUT2D eigenvalue weighted by molar-refractivity contribution is 5.94. The normalized spacial score (nSPS) is 23.6. The van der Waals surface area contributed by atoms with Crippen LogP contribution in [-0.2, 0) is 12.1 Å². The maximum absolute atomic E-state index is 13.2. The minimum Gasteiger partial charge on any atom is -0.348 e. The molecule has 2 aromatic rings. The SMILES string of the molecule is Cc1[nH]cnc1CN1C[C@H]2CC[C@@H](C1)N(C(=O)c1ccn(C(C)(C)C)c1)C2. The Kier molecular flexibility index (Phi) is 4.62. The van der Waals surface area contributed by atoms with Gasteiger partial charge in [0, 0.05) is 55.8 Å². The number of aryl methyl sites for hydroxylation is 1. The zero-order valence-electron chi connectivity index (χ0n) is 16.9. The first-order valence-corrected chi connectivity index (χ1v) is 10.0. The maximum atomic E-state index is 13.2. The van der Waals surface area contributed by atoms with Gasteiger partial charge in [-0.25, -0.2) is 4.98 Å². The molecule has 146 valence electrons. The van der Waals surface area contributed by atoms with E-state index >= 15 is 0 Å². The van der Waals surface area contributed by atoms with Crippen LogP contribution in [0.15, 0.2) is 24.8 Å². The number of nitrogens with zero attached hydrogens (tertiary/aromatic N) is 4. The molecule has 2 aromatic heterocycles. The summed E-state index contributed by atoms with van der Waals surface area (Å²) in [5.74, 6) is 0.738. The highest BCUT2D eigenvalue weighted by atomic mass is 16.2. The molecular formula is C21H31N5O. The number of hydrogen-bond acceptors (Lipinski definition) is 3. The van der Waals surface area contributed by atoms with Gasteiger partial charge in [0.25, 0.3) is 5.91 Å². The van der Waals surface area contributed by atoms with Crippen LogP contribution in [0, 0.1) is 12.8 Å². The summed E-state index contributed by atoms with van der Waals surface area (Å²) in [5.41, 5.74) is 3.07. The van der Waals surface area contributed by atoms with E-state index in [0.29, 0.717) is 12.0 Å². The van der Waals surface area contributed by atoms with E-state index in [9.17, 15) is 4.79 Å². The van der Waals surface area contributed by atoms with Gasteiger partial charge < -0.3 is 14.5 Å². The lowest BCUT2D eigenvalue weighted by Crippen LogP contribution is -2.47. The lowest BCUT2D eigenvalue weighted by atomic mass is 9.94. The fourth-order valence-electron chi connectivity index (χ4n) is 4.42. The first-order chi connectivity index (χ1) is 12.8. The van der Waals surface area contributed by atoms with Crippen LogP contribution < -0.4 is 0 Å². The number of carbonyl (C=O) groups excluding carboxylic acids is 1. The van der Waals surface area contributed by atoms with E-state index in [4.69, 9.17) is 0 Å². The summed E-state index contributed by atoms with van der Waals surface area (Å²) in [5, 5.41) is 0. The zero-order chi connectivity index (χ0) is 19.2. The average Bonchev–Trinajstić information content (AvgIpc) is 3.16. The van der Waals surface area contributed by atoms with Gasteiger partial charge in [-0.15, -0.1) is 0 Å². The van der Waals surface area contributed by atoms with Crippen LogP contribution in [0.2, 0.25) is 0 Å². The third-order valence-electron chi connectivity index (χ3n) is 6.07. The summed E-state index contributed by atoms with van der Waals surface area (Å²) in [6.45, 7) is 12.3. The molecule has 1 N–H and O–H groups in total. The molecule has 6 nitrogen and oxygen atoms in total. The number of carbonyl (C=O) groups is 1. The highest BCUT2D eigenvalue weighted by Crippen LogP contribution is 2.30. The fourth-order valence-corrected chi connectivity index (χ4v) is 4.42. The van der Waals surface area contributed by atoms with Crippen LogP contribution in [0.4, 0.5) is 0 Å². The van der Waals surface area contributed by atoms with Crippen LogP contribution in [0.5, 0.6) is 0 Å². The minimum atomic E-state index is -0.00542. The van der Waals surface area contributed by atoms with Gasteiger partial charge >= 0.3 is 0 Å². The lowest BCUT2D eigenvalue weighted by molar-refractivity contribution is 0.0584. The molecule has 6 heteroatoms. The summed E-state index contributed by atoms with van der Waals surface area (Å²) in [7, 11) is 0. The van der Waals surface area contributed by atoms with Crippen molar-refractivity contribution in [2.45, 2.75) is 58.7 Å². The molecule has 3 saturated heterocycles. The van der Waals surface area contributed by atoms with Crippen LogP contribution in [0.3, 0.4) is 0 Å². The Morgan fingerprint density at radius 1 is 1.26 bits per heavy atom. The number of fused-ring (bicyclic) bond motifs is 4. The number of piperidine rings is 1. The molecule has 0 aliphatic carbocycles. The topological polar surface area (TPSA) is 57.2 Å². The van der Waals surface area contributed by atoms with Crippen molar-refractivity contribution in [1.82, 2.24) is 24.3 Å². The molecule has 27 heavy (non-hydrogen) atoms. The number of nitrogens with one attached hydrogen (secondary N) is 1. The van der Waals surface area contributed by atoms with E-state index in [1.165, 1.54) is 6.42 Å². The van der Waals surface area contributed by atoms with Gasteiger partial charge in [0.05, 0.1) is 17.6 Å². The predicted octanol–water partition coefficient (Wildman–Crippen LogP) is 3.01. The monoisotopic (exact) mass is 369 g/mol. The zero-order valence-corrected chi connectivity index (χ0v) is 16.9. The van der Waals surface area contributed by atoms with E-state index in [2.05, 4.69) is 52.0 Å². The molecular weight excluding hydrogens is 338 g/mol. The van der Waals surface area contributed by atoms with Crippen molar-refractivity contribution in [3.63, 3.8) is 0 Å². The molecule has 1 amide bonds. The third-order valence-corrected chi connectivity index (χ3v) is 6.07. The Labute approximate surface area is 161 Å². The Morgan fingerprint density at radius 2 is 2.07 bits per heavy atom. The van der Waals surface area contributed by atoms with E-state index in [-0.39, 0.29) is 11.4 Å². The molecule has 3 aliphatic heterocycles. The van der Waals surface area contributed by atoms with Gasteiger partial charge in [-0.3, -0.25) is 9.69 Å². The Hall–Kier alpha value is -2.08. The van der Waals surface area contributed by atoms with Crippen LogP contribution >= 0.6 is 0 Å². The van der Waals surface area contributed by atoms with Gasteiger partial charge in [0.1, 0.15) is 0 Å². The molecule has 3 fully saturated rings. The molecule has 0 saturated carbocycles. The van der Waals surface area contributed by atoms with Gasteiger partial charge in [0.15, 0.2) is 0 Å². The number of aromatic nitrogens is 3. The largest absolute Gasteiger partial charge is 0.348 e.